The second kappa shape index (κ2) is 4.57. The zero-order chi connectivity index (χ0) is 11.5. The van der Waals surface area contributed by atoms with Crippen molar-refractivity contribution >= 4 is 14.1 Å². The number of rotatable bonds is 3. The van der Waals surface area contributed by atoms with E-state index in [-0.39, 0.29) is 5.82 Å². The van der Waals surface area contributed by atoms with E-state index in [1.807, 2.05) is 16.5 Å². The third-order valence-electron chi connectivity index (χ3n) is 2.35. The SMILES string of the molecule is CC(C)[Si](c1ccc(F)cc1)n1cncn1. The smallest absolute Gasteiger partial charge is 0.239 e. The summed E-state index contributed by atoms with van der Waals surface area (Å²) in [7, 11) is -1.01. The lowest BCUT2D eigenvalue weighted by molar-refractivity contribution is 0.628. The van der Waals surface area contributed by atoms with Crippen LogP contribution in [0.5, 0.6) is 0 Å². The second-order valence-electron chi connectivity index (χ2n) is 3.89. The first-order valence-corrected chi connectivity index (χ1v) is 6.68. The average molecular weight is 234 g/mol. The molecule has 0 spiro atoms. The normalized spacial score (nSPS) is 11.3. The van der Waals surface area contributed by atoms with Gasteiger partial charge < -0.3 is 0 Å². The summed E-state index contributed by atoms with van der Waals surface area (Å²) in [6.45, 7) is 4.30. The average Bonchev–Trinajstić information content (AvgIpc) is 2.74. The first kappa shape index (κ1) is 11.0. The van der Waals surface area contributed by atoms with Crippen molar-refractivity contribution in [2.45, 2.75) is 19.4 Å². The van der Waals surface area contributed by atoms with E-state index >= 15 is 0 Å². The summed E-state index contributed by atoms with van der Waals surface area (Å²) in [6.07, 6.45) is 3.27. The Morgan fingerprint density at radius 2 is 1.94 bits per heavy atom. The largest absolute Gasteiger partial charge is 0.278 e. The summed E-state index contributed by atoms with van der Waals surface area (Å²) < 4.78 is 14.8. The van der Waals surface area contributed by atoms with Gasteiger partial charge in [-0.05, 0) is 22.9 Å². The van der Waals surface area contributed by atoms with E-state index < -0.39 is 8.96 Å². The van der Waals surface area contributed by atoms with Gasteiger partial charge in [-0.25, -0.2) is 9.37 Å². The zero-order valence-electron chi connectivity index (χ0n) is 9.26. The van der Waals surface area contributed by atoms with Crippen LogP contribution in [0, 0.1) is 5.82 Å². The molecule has 16 heavy (non-hydrogen) atoms. The Hall–Kier alpha value is -1.49. The van der Waals surface area contributed by atoms with E-state index in [2.05, 4.69) is 23.9 Å². The first-order valence-electron chi connectivity index (χ1n) is 5.16. The van der Waals surface area contributed by atoms with Gasteiger partial charge in [0.05, 0.1) is 0 Å². The summed E-state index contributed by atoms with van der Waals surface area (Å²) in [5, 5.41) is 5.34. The molecule has 1 aromatic heterocycles. The molecular formula is C11H13FN3Si. The van der Waals surface area contributed by atoms with Crippen molar-refractivity contribution in [1.82, 2.24) is 14.4 Å². The second-order valence-corrected chi connectivity index (χ2v) is 6.85. The predicted molar refractivity (Wildman–Crippen MR) is 62.3 cm³/mol. The lowest BCUT2D eigenvalue weighted by Gasteiger charge is -2.18. The highest BCUT2D eigenvalue weighted by atomic mass is 28.3. The molecule has 0 N–H and O–H groups in total. The molecule has 0 aliphatic carbocycles. The summed E-state index contributed by atoms with van der Waals surface area (Å²) in [6, 6.07) is 6.68. The van der Waals surface area contributed by atoms with E-state index in [1.54, 1.807) is 6.33 Å². The van der Waals surface area contributed by atoms with Gasteiger partial charge in [-0.1, -0.05) is 26.0 Å². The lowest BCUT2D eigenvalue weighted by Crippen LogP contribution is -2.41. The molecule has 0 aliphatic heterocycles. The molecule has 1 radical (unpaired) electrons. The van der Waals surface area contributed by atoms with Crippen LogP contribution in [0.4, 0.5) is 4.39 Å². The number of hydrogen-bond acceptors (Lipinski definition) is 2. The number of aromatic nitrogens is 3. The Balaban J connectivity index is 2.37. The van der Waals surface area contributed by atoms with Gasteiger partial charge in [0.25, 0.3) is 0 Å². The quantitative estimate of drug-likeness (QED) is 0.755. The molecule has 3 nitrogen and oxygen atoms in total. The standard InChI is InChI=1S/C11H13FN3Si/c1-9(2)16(15-8-13-7-14-15)11-5-3-10(12)4-6-11/h3-9H,1-2H3. The van der Waals surface area contributed by atoms with Crippen molar-refractivity contribution in [2.75, 3.05) is 0 Å². The maximum Gasteiger partial charge on any atom is 0.239 e. The van der Waals surface area contributed by atoms with Crippen LogP contribution < -0.4 is 5.19 Å². The highest BCUT2D eigenvalue weighted by Gasteiger charge is 2.22. The molecule has 83 valence electrons. The lowest BCUT2D eigenvalue weighted by atomic mass is 10.3. The van der Waals surface area contributed by atoms with Crippen molar-refractivity contribution < 1.29 is 4.39 Å². The molecule has 1 aromatic carbocycles. The van der Waals surface area contributed by atoms with Crippen LogP contribution in [0.3, 0.4) is 0 Å². The van der Waals surface area contributed by atoms with Gasteiger partial charge >= 0.3 is 0 Å². The maximum atomic E-state index is 12.9. The summed E-state index contributed by atoms with van der Waals surface area (Å²) in [5.74, 6) is -0.201. The molecule has 0 fully saturated rings. The van der Waals surface area contributed by atoms with Gasteiger partial charge in [0.15, 0.2) is 0 Å². The Morgan fingerprint density at radius 1 is 1.25 bits per heavy atom. The van der Waals surface area contributed by atoms with E-state index in [0.717, 1.165) is 5.19 Å². The zero-order valence-corrected chi connectivity index (χ0v) is 10.3. The maximum absolute atomic E-state index is 12.9. The third kappa shape index (κ3) is 2.19. The van der Waals surface area contributed by atoms with Crippen molar-refractivity contribution in [3.05, 3.63) is 42.7 Å². The van der Waals surface area contributed by atoms with Gasteiger partial charge in [0.1, 0.15) is 18.5 Å². The van der Waals surface area contributed by atoms with Crippen molar-refractivity contribution in [3.8, 4) is 0 Å². The number of hydrogen-bond donors (Lipinski definition) is 0. The molecule has 1 heterocycles. The molecule has 0 saturated heterocycles. The molecule has 0 amide bonds. The number of nitrogens with zero attached hydrogens (tertiary/aromatic N) is 3. The molecule has 0 unspecified atom stereocenters. The van der Waals surface area contributed by atoms with E-state index in [4.69, 9.17) is 0 Å². The summed E-state index contributed by atoms with van der Waals surface area (Å²) in [5.41, 5.74) is 0.470. The van der Waals surface area contributed by atoms with Gasteiger partial charge in [-0.3, -0.25) is 4.35 Å². The Kier molecular flexibility index (Phi) is 3.14. The van der Waals surface area contributed by atoms with Crippen LogP contribution in [0.15, 0.2) is 36.9 Å². The first-order chi connectivity index (χ1) is 7.68. The Labute approximate surface area is 95.6 Å². The minimum atomic E-state index is -1.01. The van der Waals surface area contributed by atoms with Crippen molar-refractivity contribution in [2.24, 2.45) is 0 Å². The number of halogens is 1. The van der Waals surface area contributed by atoms with Crippen LogP contribution >= 0.6 is 0 Å². The van der Waals surface area contributed by atoms with Gasteiger partial charge in [0.2, 0.25) is 8.96 Å². The molecule has 0 aliphatic rings. The molecule has 0 bridgehead atoms. The van der Waals surface area contributed by atoms with E-state index in [9.17, 15) is 4.39 Å². The predicted octanol–water partition coefficient (Wildman–Crippen LogP) is 1.57. The Bertz CT molecular complexity index is 439. The molecule has 0 atom stereocenters. The molecule has 0 saturated carbocycles. The Morgan fingerprint density at radius 3 is 2.44 bits per heavy atom. The van der Waals surface area contributed by atoms with Crippen molar-refractivity contribution in [3.63, 3.8) is 0 Å². The molecule has 2 aromatic rings. The fourth-order valence-electron chi connectivity index (χ4n) is 1.68. The van der Waals surface area contributed by atoms with E-state index in [1.165, 1.54) is 18.5 Å². The molecule has 2 rings (SSSR count). The van der Waals surface area contributed by atoms with Crippen LogP contribution in [-0.4, -0.2) is 23.4 Å². The topological polar surface area (TPSA) is 30.7 Å². The van der Waals surface area contributed by atoms with Crippen LogP contribution in [0.2, 0.25) is 5.54 Å². The fourth-order valence-corrected chi connectivity index (χ4v) is 4.02. The highest BCUT2D eigenvalue weighted by Crippen LogP contribution is 2.09. The van der Waals surface area contributed by atoms with Crippen LogP contribution in [-0.2, 0) is 0 Å². The summed E-state index contributed by atoms with van der Waals surface area (Å²) >= 11 is 0. The van der Waals surface area contributed by atoms with Gasteiger partial charge in [0, 0.05) is 0 Å². The summed E-state index contributed by atoms with van der Waals surface area (Å²) in [4.78, 5) is 3.97. The van der Waals surface area contributed by atoms with Gasteiger partial charge in [-0.2, -0.15) is 5.10 Å². The fraction of sp³-hybridized carbons (Fsp3) is 0.273. The van der Waals surface area contributed by atoms with Crippen LogP contribution in [0.25, 0.3) is 0 Å². The third-order valence-corrected chi connectivity index (χ3v) is 5.10. The van der Waals surface area contributed by atoms with Crippen LogP contribution in [0.1, 0.15) is 13.8 Å². The molecular weight excluding hydrogens is 221 g/mol. The molecule has 5 heteroatoms. The van der Waals surface area contributed by atoms with Gasteiger partial charge in [-0.15, -0.1) is 0 Å². The van der Waals surface area contributed by atoms with E-state index in [0.29, 0.717) is 5.54 Å². The monoisotopic (exact) mass is 234 g/mol. The minimum absolute atomic E-state index is 0.201. The minimum Gasteiger partial charge on any atom is -0.278 e. The highest BCUT2D eigenvalue weighted by molar-refractivity contribution is 6.72. The van der Waals surface area contributed by atoms with Crippen molar-refractivity contribution in [1.29, 1.82) is 0 Å². The number of benzene rings is 1.